The molecule has 0 aromatic heterocycles. The highest BCUT2D eigenvalue weighted by molar-refractivity contribution is 5.94. The summed E-state index contributed by atoms with van der Waals surface area (Å²) in [6, 6.07) is 14.4. The van der Waals surface area contributed by atoms with E-state index in [9.17, 15) is 4.79 Å². The first kappa shape index (κ1) is 17.7. The van der Waals surface area contributed by atoms with Crippen molar-refractivity contribution in [1.29, 1.82) is 0 Å². The van der Waals surface area contributed by atoms with E-state index in [2.05, 4.69) is 36.6 Å². The van der Waals surface area contributed by atoms with Crippen molar-refractivity contribution in [2.75, 3.05) is 20.1 Å². The number of fused-ring (bicyclic) bond motifs is 2. The fourth-order valence-electron chi connectivity index (χ4n) is 5.14. The van der Waals surface area contributed by atoms with E-state index >= 15 is 0 Å². The number of hydrogen-bond acceptors (Lipinski definition) is 2. The van der Waals surface area contributed by atoms with Crippen LogP contribution in [-0.4, -0.2) is 31.6 Å². The van der Waals surface area contributed by atoms with Crippen molar-refractivity contribution in [2.24, 2.45) is 0 Å². The number of nitrogens with one attached hydrogen (secondary N) is 2. The number of carbonyl (C=O) groups excluding carboxylic acids is 1. The number of rotatable bonds is 2. The first-order valence-corrected chi connectivity index (χ1v) is 10.6. The van der Waals surface area contributed by atoms with Crippen molar-refractivity contribution in [3.63, 3.8) is 0 Å². The van der Waals surface area contributed by atoms with E-state index in [4.69, 9.17) is 4.74 Å². The van der Waals surface area contributed by atoms with Gasteiger partial charge in [0.05, 0.1) is 26.2 Å². The zero-order valence-electron chi connectivity index (χ0n) is 16.6. The minimum absolute atomic E-state index is 0.00381. The van der Waals surface area contributed by atoms with Gasteiger partial charge in [-0.15, -0.1) is 0 Å². The molecule has 1 spiro atoms. The maximum Gasteiger partial charge on any atom is 0.251 e. The Morgan fingerprint density at radius 1 is 1.11 bits per heavy atom. The Morgan fingerprint density at radius 2 is 1.89 bits per heavy atom. The van der Waals surface area contributed by atoms with E-state index in [0.29, 0.717) is 0 Å². The number of ether oxygens (including phenoxy) is 1. The lowest BCUT2D eigenvalue weighted by atomic mass is 9.80. The standard InChI is InChI=1S/C24H28N2O2/c1-26-13-11-24(12-14-26)16-21(20-7-2-3-8-22(20)28-24)25-23(27)19-10-9-17-5-4-6-18(17)15-19/h2-3,7-10,15,21H,4-6,11-14,16H2,1H3,(H,25,27)/p+1/t21-/m1/s1. The number of hydrogen-bond donors (Lipinski definition) is 2. The summed E-state index contributed by atoms with van der Waals surface area (Å²) in [5.41, 5.74) is 4.49. The molecule has 2 heterocycles. The lowest BCUT2D eigenvalue weighted by Crippen LogP contribution is -3.10. The van der Waals surface area contributed by atoms with Crippen LogP contribution in [0.3, 0.4) is 0 Å². The Morgan fingerprint density at radius 3 is 2.75 bits per heavy atom. The van der Waals surface area contributed by atoms with Gasteiger partial charge in [0, 0.05) is 30.4 Å². The quantitative estimate of drug-likeness (QED) is 0.844. The number of piperidine rings is 1. The summed E-state index contributed by atoms with van der Waals surface area (Å²) in [6.07, 6.45) is 6.37. The van der Waals surface area contributed by atoms with Crippen LogP contribution < -0.4 is 15.0 Å². The van der Waals surface area contributed by atoms with Gasteiger partial charge in [-0.1, -0.05) is 24.3 Å². The van der Waals surface area contributed by atoms with Crippen LogP contribution in [0.25, 0.3) is 0 Å². The van der Waals surface area contributed by atoms with Gasteiger partial charge >= 0.3 is 0 Å². The Kier molecular flexibility index (Phi) is 4.39. The van der Waals surface area contributed by atoms with Gasteiger partial charge in [0.2, 0.25) is 0 Å². The second kappa shape index (κ2) is 6.93. The number of para-hydroxylation sites is 1. The summed E-state index contributed by atoms with van der Waals surface area (Å²) < 4.78 is 6.52. The summed E-state index contributed by atoms with van der Waals surface area (Å²) >= 11 is 0. The van der Waals surface area contributed by atoms with Crippen molar-refractivity contribution < 1.29 is 14.4 Å². The predicted octanol–water partition coefficient (Wildman–Crippen LogP) is 2.48. The van der Waals surface area contributed by atoms with Gasteiger partial charge in [-0.2, -0.15) is 0 Å². The SMILES string of the molecule is C[NH+]1CCC2(CC1)C[C@@H](NC(=O)c1ccc3c(c1)CCC3)c1ccccc1O2. The monoisotopic (exact) mass is 377 g/mol. The molecule has 0 unspecified atom stereocenters. The third-order valence-corrected chi connectivity index (χ3v) is 6.88. The van der Waals surface area contributed by atoms with Crippen molar-refractivity contribution in [1.82, 2.24) is 5.32 Å². The fraction of sp³-hybridized carbons (Fsp3) is 0.458. The third kappa shape index (κ3) is 3.20. The average molecular weight is 378 g/mol. The highest BCUT2D eigenvalue weighted by Gasteiger charge is 2.44. The van der Waals surface area contributed by atoms with E-state index in [1.54, 1.807) is 4.90 Å². The Labute approximate surface area is 166 Å². The van der Waals surface area contributed by atoms with E-state index in [-0.39, 0.29) is 17.6 Å². The van der Waals surface area contributed by atoms with E-state index in [1.165, 1.54) is 17.5 Å². The number of amides is 1. The van der Waals surface area contributed by atoms with Gasteiger partial charge in [-0.3, -0.25) is 4.79 Å². The largest absolute Gasteiger partial charge is 0.486 e. The normalized spacial score (nSPS) is 28.3. The maximum atomic E-state index is 13.1. The number of carbonyl (C=O) groups is 1. The molecule has 1 saturated heterocycles. The molecule has 146 valence electrons. The summed E-state index contributed by atoms with van der Waals surface area (Å²) in [6.45, 7) is 2.24. The highest BCUT2D eigenvalue weighted by Crippen LogP contribution is 2.43. The first-order valence-electron chi connectivity index (χ1n) is 10.6. The zero-order valence-corrected chi connectivity index (χ0v) is 16.6. The van der Waals surface area contributed by atoms with Crippen molar-refractivity contribution in [3.8, 4) is 5.75 Å². The van der Waals surface area contributed by atoms with Crippen LogP contribution in [0.1, 0.15) is 58.8 Å². The fourth-order valence-corrected chi connectivity index (χ4v) is 5.14. The van der Waals surface area contributed by atoms with Crippen LogP contribution in [0.15, 0.2) is 42.5 Å². The molecule has 2 aliphatic heterocycles. The maximum absolute atomic E-state index is 13.1. The molecule has 0 bridgehead atoms. The van der Waals surface area contributed by atoms with Crippen LogP contribution in [0, 0.1) is 0 Å². The molecule has 1 fully saturated rings. The predicted molar refractivity (Wildman–Crippen MR) is 109 cm³/mol. The summed E-state index contributed by atoms with van der Waals surface area (Å²) in [4.78, 5) is 14.7. The number of aryl methyl sites for hydroxylation is 2. The zero-order chi connectivity index (χ0) is 19.1. The molecule has 0 saturated carbocycles. The number of benzene rings is 2. The molecular weight excluding hydrogens is 348 g/mol. The van der Waals surface area contributed by atoms with Gasteiger partial charge in [0.15, 0.2) is 0 Å². The van der Waals surface area contributed by atoms with Gasteiger partial charge < -0.3 is 15.0 Å². The number of likely N-dealkylation sites (tertiary alicyclic amines) is 1. The van der Waals surface area contributed by atoms with Gasteiger partial charge in [0.1, 0.15) is 11.4 Å². The van der Waals surface area contributed by atoms with Gasteiger partial charge in [-0.05, 0) is 48.6 Å². The van der Waals surface area contributed by atoms with E-state index in [1.807, 2.05) is 18.2 Å². The molecule has 2 aromatic rings. The van der Waals surface area contributed by atoms with Crippen molar-refractivity contribution in [3.05, 3.63) is 64.7 Å². The second-order valence-electron chi connectivity index (χ2n) is 8.85. The minimum atomic E-state index is -0.149. The molecule has 1 aliphatic carbocycles. The molecule has 2 aromatic carbocycles. The molecule has 28 heavy (non-hydrogen) atoms. The second-order valence-corrected chi connectivity index (χ2v) is 8.85. The van der Waals surface area contributed by atoms with E-state index in [0.717, 1.165) is 62.1 Å². The molecule has 4 heteroatoms. The van der Waals surface area contributed by atoms with E-state index < -0.39 is 0 Å². The lowest BCUT2D eigenvalue weighted by Gasteiger charge is -2.45. The van der Waals surface area contributed by atoms with Crippen molar-refractivity contribution >= 4 is 5.91 Å². The molecule has 1 amide bonds. The van der Waals surface area contributed by atoms with Crippen LogP contribution in [-0.2, 0) is 12.8 Å². The summed E-state index contributed by atoms with van der Waals surface area (Å²) in [7, 11) is 2.25. The Balaban J connectivity index is 1.41. The average Bonchev–Trinajstić information content (AvgIpc) is 3.18. The topological polar surface area (TPSA) is 42.8 Å². The highest BCUT2D eigenvalue weighted by atomic mass is 16.5. The lowest BCUT2D eigenvalue weighted by molar-refractivity contribution is -0.887. The molecule has 0 radical (unpaired) electrons. The summed E-state index contributed by atoms with van der Waals surface area (Å²) in [5, 5.41) is 3.34. The Hall–Kier alpha value is -2.33. The molecule has 3 aliphatic rings. The molecule has 1 atom stereocenters. The van der Waals surface area contributed by atoms with Crippen LogP contribution in [0.4, 0.5) is 0 Å². The van der Waals surface area contributed by atoms with Gasteiger partial charge in [0.25, 0.3) is 5.91 Å². The first-order chi connectivity index (χ1) is 13.6. The molecule has 5 rings (SSSR count). The van der Waals surface area contributed by atoms with Crippen LogP contribution in [0.5, 0.6) is 5.75 Å². The molecule has 2 N–H and O–H groups in total. The molecule has 4 nitrogen and oxygen atoms in total. The third-order valence-electron chi connectivity index (χ3n) is 6.88. The number of quaternary nitrogens is 1. The minimum Gasteiger partial charge on any atom is -0.486 e. The van der Waals surface area contributed by atoms with Crippen LogP contribution >= 0.6 is 0 Å². The van der Waals surface area contributed by atoms with Gasteiger partial charge in [-0.25, -0.2) is 0 Å². The van der Waals surface area contributed by atoms with Crippen molar-refractivity contribution in [2.45, 2.75) is 50.2 Å². The Bertz CT molecular complexity index is 899. The van der Waals surface area contributed by atoms with Crippen LogP contribution in [0.2, 0.25) is 0 Å². The smallest absolute Gasteiger partial charge is 0.251 e. The molecular formula is C24H29N2O2+. The summed E-state index contributed by atoms with van der Waals surface area (Å²) in [5.74, 6) is 0.970.